The van der Waals surface area contributed by atoms with Crippen molar-refractivity contribution in [1.29, 1.82) is 0 Å². The molecule has 138 valence electrons. The summed E-state index contributed by atoms with van der Waals surface area (Å²) >= 11 is 0. The fraction of sp³-hybridized carbons (Fsp3) is 0.824. The first-order chi connectivity index (χ1) is 11.3. The second-order valence-corrected chi connectivity index (χ2v) is 7.13. The number of rotatable bonds is 9. The van der Waals surface area contributed by atoms with E-state index in [1.807, 2.05) is 0 Å². The maximum Gasteiger partial charge on any atom is 0.315 e. The minimum Gasteiger partial charge on any atom is -0.481 e. The molecular formula is C17H31N3O4. The number of carbonyl (C=O) groups excluding carboxylic acids is 2. The van der Waals surface area contributed by atoms with Crippen LogP contribution in [-0.4, -0.2) is 42.1 Å². The SMILES string of the molecule is CC(C)(CCNC(=O)CCCNC(=O)NC1CCCCC1)C(=O)O. The lowest BCUT2D eigenvalue weighted by Gasteiger charge is -2.22. The molecule has 0 spiro atoms. The Kier molecular flexibility index (Phi) is 8.57. The number of amides is 3. The van der Waals surface area contributed by atoms with Crippen molar-refractivity contribution in [2.45, 2.75) is 71.3 Å². The lowest BCUT2D eigenvalue weighted by molar-refractivity contribution is -0.147. The van der Waals surface area contributed by atoms with E-state index in [9.17, 15) is 14.4 Å². The van der Waals surface area contributed by atoms with Crippen LogP contribution >= 0.6 is 0 Å². The van der Waals surface area contributed by atoms with E-state index in [-0.39, 0.29) is 18.0 Å². The molecule has 0 saturated heterocycles. The van der Waals surface area contributed by atoms with Crippen LogP contribution < -0.4 is 16.0 Å². The average molecular weight is 341 g/mol. The fourth-order valence-corrected chi connectivity index (χ4v) is 2.64. The Morgan fingerprint density at radius 3 is 2.33 bits per heavy atom. The Labute approximate surface area is 144 Å². The number of carbonyl (C=O) groups is 3. The molecule has 0 heterocycles. The summed E-state index contributed by atoms with van der Waals surface area (Å²) in [6.45, 7) is 4.06. The number of hydrogen-bond acceptors (Lipinski definition) is 3. The average Bonchev–Trinajstić information content (AvgIpc) is 2.52. The third-order valence-corrected chi connectivity index (χ3v) is 4.46. The minimum atomic E-state index is -0.870. The highest BCUT2D eigenvalue weighted by molar-refractivity contribution is 5.77. The number of carboxylic acid groups (broad SMARTS) is 1. The molecule has 0 bridgehead atoms. The molecule has 0 aliphatic heterocycles. The second kappa shape index (κ2) is 10.2. The third-order valence-electron chi connectivity index (χ3n) is 4.46. The van der Waals surface area contributed by atoms with Gasteiger partial charge in [0, 0.05) is 25.6 Å². The summed E-state index contributed by atoms with van der Waals surface area (Å²) in [5.74, 6) is -0.990. The standard InChI is InChI=1S/C17H31N3O4/c1-17(2,15(22)23)10-12-18-14(21)9-6-11-19-16(24)20-13-7-4-3-5-8-13/h13H,3-12H2,1-2H3,(H,18,21)(H,22,23)(H2,19,20,24). The molecule has 1 fully saturated rings. The van der Waals surface area contributed by atoms with Crippen molar-refractivity contribution in [3.8, 4) is 0 Å². The smallest absolute Gasteiger partial charge is 0.315 e. The molecule has 0 atom stereocenters. The second-order valence-electron chi connectivity index (χ2n) is 7.13. The third kappa shape index (κ3) is 8.17. The van der Waals surface area contributed by atoms with Crippen molar-refractivity contribution in [3.05, 3.63) is 0 Å². The zero-order valence-electron chi connectivity index (χ0n) is 14.8. The Morgan fingerprint density at radius 1 is 1.04 bits per heavy atom. The van der Waals surface area contributed by atoms with Crippen LogP contribution in [0.25, 0.3) is 0 Å². The Balaban J connectivity index is 2.04. The molecule has 0 aromatic rings. The van der Waals surface area contributed by atoms with E-state index in [1.54, 1.807) is 13.8 Å². The maximum atomic E-state index is 11.7. The summed E-state index contributed by atoms with van der Waals surface area (Å²) in [6.07, 6.45) is 6.94. The summed E-state index contributed by atoms with van der Waals surface area (Å²) in [6, 6.07) is 0.116. The van der Waals surface area contributed by atoms with Gasteiger partial charge < -0.3 is 21.1 Å². The van der Waals surface area contributed by atoms with Gasteiger partial charge in [0.15, 0.2) is 0 Å². The van der Waals surface area contributed by atoms with Crippen LogP contribution in [0.4, 0.5) is 4.79 Å². The van der Waals surface area contributed by atoms with E-state index < -0.39 is 11.4 Å². The molecule has 3 amide bonds. The lowest BCUT2D eigenvalue weighted by atomic mass is 9.90. The van der Waals surface area contributed by atoms with Crippen molar-refractivity contribution in [1.82, 2.24) is 16.0 Å². The zero-order chi connectivity index (χ0) is 18.0. The number of carboxylic acids is 1. The van der Waals surface area contributed by atoms with Crippen molar-refractivity contribution < 1.29 is 19.5 Å². The zero-order valence-corrected chi connectivity index (χ0v) is 14.8. The van der Waals surface area contributed by atoms with Crippen LogP contribution in [0.15, 0.2) is 0 Å². The molecule has 0 aromatic heterocycles. The predicted molar refractivity (Wildman–Crippen MR) is 91.7 cm³/mol. The monoisotopic (exact) mass is 341 g/mol. The highest BCUT2D eigenvalue weighted by atomic mass is 16.4. The van der Waals surface area contributed by atoms with Crippen molar-refractivity contribution in [2.75, 3.05) is 13.1 Å². The normalized spacial score (nSPS) is 15.6. The summed E-state index contributed by atoms with van der Waals surface area (Å²) in [7, 11) is 0. The summed E-state index contributed by atoms with van der Waals surface area (Å²) in [5.41, 5.74) is -0.841. The molecule has 7 nitrogen and oxygen atoms in total. The van der Waals surface area contributed by atoms with E-state index >= 15 is 0 Å². The molecule has 0 unspecified atom stereocenters. The summed E-state index contributed by atoms with van der Waals surface area (Å²) < 4.78 is 0. The summed E-state index contributed by atoms with van der Waals surface area (Å²) in [5, 5.41) is 17.4. The molecule has 1 saturated carbocycles. The quantitative estimate of drug-likeness (QED) is 0.481. The van der Waals surface area contributed by atoms with Crippen molar-refractivity contribution in [2.24, 2.45) is 5.41 Å². The fourth-order valence-electron chi connectivity index (χ4n) is 2.64. The molecule has 0 radical (unpaired) electrons. The van der Waals surface area contributed by atoms with E-state index in [1.165, 1.54) is 19.3 Å². The molecule has 1 aliphatic carbocycles. The number of hydrogen-bond donors (Lipinski definition) is 4. The number of nitrogens with one attached hydrogen (secondary N) is 3. The van der Waals surface area contributed by atoms with Gasteiger partial charge in [-0.25, -0.2) is 4.79 Å². The highest BCUT2D eigenvalue weighted by Gasteiger charge is 2.26. The largest absolute Gasteiger partial charge is 0.481 e. The molecular weight excluding hydrogens is 310 g/mol. The molecule has 1 aliphatic rings. The van der Waals surface area contributed by atoms with Crippen molar-refractivity contribution in [3.63, 3.8) is 0 Å². The lowest BCUT2D eigenvalue weighted by Crippen LogP contribution is -2.43. The molecule has 4 N–H and O–H groups in total. The first-order valence-electron chi connectivity index (χ1n) is 8.86. The van der Waals surface area contributed by atoms with Gasteiger partial charge >= 0.3 is 12.0 Å². The van der Waals surface area contributed by atoms with E-state index in [0.717, 1.165) is 12.8 Å². The first-order valence-corrected chi connectivity index (χ1v) is 8.86. The van der Waals surface area contributed by atoms with Crippen LogP contribution in [0.2, 0.25) is 0 Å². The minimum absolute atomic E-state index is 0.120. The van der Waals surface area contributed by atoms with Crippen LogP contribution in [0.3, 0.4) is 0 Å². The molecule has 1 rings (SSSR count). The number of aliphatic carboxylic acids is 1. The first kappa shape index (κ1) is 20.3. The van der Waals surface area contributed by atoms with Crippen LogP contribution in [-0.2, 0) is 9.59 Å². The van der Waals surface area contributed by atoms with Gasteiger partial charge in [0.2, 0.25) is 5.91 Å². The van der Waals surface area contributed by atoms with Gasteiger partial charge in [0.05, 0.1) is 5.41 Å². The van der Waals surface area contributed by atoms with Gasteiger partial charge in [-0.05, 0) is 39.5 Å². The van der Waals surface area contributed by atoms with Gasteiger partial charge in [0.25, 0.3) is 0 Å². The van der Waals surface area contributed by atoms with Crippen LogP contribution in [0, 0.1) is 5.41 Å². The van der Waals surface area contributed by atoms with Crippen LogP contribution in [0.1, 0.15) is 65.2 Å². The molecule has 0 aromatic carbocycles. The van der Waals surface area contributed by atoms with E-state index in [0.29, 0.717) is 32.4 Å². The Morgan fingerprint density at radius 2 is 1.71 bits per heavy atom. The Bertz CT molecular complexity index is 432. The molecule has 24 heavy (non-hydrogen) atoms. The number of urea groups is 1. The van der Waals surface area contributed by atoms with Crippen LogP contribution in [0.5, 0.6) is 0 Å². The molecule has 7 heteroatoms. The maximum absolute atomic E-state index is 11.7. The Hall–Kier alpha value is -1.79. The topological polar surface area (TPSA) is 108 Å². The van der Waals surface area contributed by atoms with E-state index in [4.69, 9.17) is 5.11 Å². The summed E-state index contributed by atoms with van der Waals surface area (Å²) in [4.78, 5) is 34.4. The van der Waals surface area contributed by atoms with Gasteiger partial charge in [-0.1, -0.05) is 19.3 Å². The van der Waals surface area contributed by atoms with Crippen molar-refractivity contribution >= 4 is 17.9 Å². The highest BCUT2D eigenvalue weighted by Crippen LogP contribution is 2.19. The van der Waals surface area contributed by atoms with Gasteiger partial charge in [-0.15, -0.1) is 0 Å². The predicted octanol–water partition coefficient (Wildman–Crippen LogP) is 2.02. The van der Waals surface area contributed by atoms with Gasteiger partial charge in [0.1, 0.15) is 0 Å². The van der Waals surface area contributed by atoms with Gasteiger partial charge in [-0.2, -0.15) is 0 Å². The van der Waals surface area contributed by atoms with E-state index in [2.05, 4.69) is 16.0 Å². The van der Waals surface area contributed by atoms with Gasteiger partial charge in [-0.3, -0.25) is 9.59 Å².